The molecule has 202 valence electrons. The van der Waals surface area contributed by atoms with Gasteiger partial charge in [0, 0.05) is 31.7 Å². The summed E-state index contributed by atoms with van der Waals surface area (Å²) < 4.78 is 33.8. The number of piperazine rings is 1. The molecule has 0 unspecified atom stereocenters. The Bertz CT molecular complexity index is 1530. The van der Waals surface area contributed by atoms with Crippen LogP contribution >= 0.6 is 11.3 Å². The number of carbonyl (C=O) groups is 2. The number of rotatable bonds is 7. The van der Waals surface area contributed by atoms with Gasteiger partial charge in [-0.15, -0.1) is 0 Å². The predicted molar refractivity (Wildman–Crippen MR) is 150 cm³/mol. The van der Waals surface area contributed by atoms with Crippen molar-refractivity contribution in [1.82, 2.24) is 14.2 Å². The van der Waals surface area contributed by atoms with Gasteiger partial charge in [-0.2, -0.15) is 4.31 Å². The molecule has 1 fully saturated rings. The summed E-state index contributed by atoms with van der Waals surface area (Å²) in [6, 6.07) is 23.4. The van der Waals surface area contributed by atoms with Gasteiger partial charge in [-0.25, -0.2) is 18.2 Å². The first-order valence-electron chi connectivity index (χ1n) is 12.6. The van der Waals surface area contributed by atoms with Crippen molar-refractivity contribution in [1.29, 1.82) is 0 Å². The smallest absolute Gasteiger partial charge is 0.409 e. The molecule has 0 aliphatic carbocycles. The Labute approximate surface area is 231 Å². The van der Waals surface area contributed by atoms with Crippen LogP contribution in [0.15, 0.2) is 83.8 Å². The van der Waals surface area contributed by atoms with Gasteiger partial charge in [-0.3, -0.25) is 9.69 Å². The Kier molecular flexibility index (Phi) is 7.92. The number of fused-ring (bicyclic) bond motifs is 1. The molecule has 0 radical (unpaired) electrons. The number of ether oxygens (including phenoxy) is 1. The van der Waals surface area contributed by atoms with Crippen molar-refractivity contribution in [3.63, 3.8) is 0 Å². The van der Waals surface area contributed by atoms with Crippen molar-refractivity contribution in [2.24, 2.45) is 0 Å². The van der Waals surface area contributed by atoms with Gasteiger partial charge in [0.1, 0.15) is 0 Å². The number of hydrogen-bond donors (Lipinski definition) is 0. The van der Waals surface area contributed by atoms with E-state index in [9.17, 15) is 18.0 Å². The van der Waals surface area contributed by atoms with Gasteiger partial charge in [-0.1, -0.05) is 53.8 Å². The first-order valence-corrected chi connectivity index (χ1v) is 14.9. The number of carbonyl (C=O) groups excluding carboxylic acids is 2. The van der Waals surface area contributed by atoms with Crippen LogP contribution in [-0.4, -0.2) is 67.4 Å². The molecular weight excluding hydrogens is 536 g/mol. The van der Waals surface area contributed by atoms with Gasteiger partial charge in [0.15, 0.2) is 5.13 Å². The Morgan fingerprint density at radius 1 is 0.923 bits per heavy atom. The van der Waals surface area contributed by atoms with Crippen LogP contribution in [0.4, 0.5) is 9.93 Å². The lowest BCUT2D eigenvalue weighted by atomic mass is 10.1. The molecule has 1 saturated heterocycles. The summed E-state index contributed by atoms with van der Waals surface area (Å²) in [4.78, 5) is 33.6. The van der Waals surface area contributed by atoms with E-state index in [2.05, 4.69) is 4.98 Å². The lowest BCUT2D eigenvalue weighted by Crippen LogP contribution is -2.50. The molecule has 11 heteroatoms. The zero-order chi connectivity index (χ0) is 27.4. The molecule has 0 spiro atoms. The average Bonchev–Trinajstić information content (AvgIpc) is 3.40. The largest absolute Gasteiger partial charge is 0.450 e. The third kappa shape index (κ3) is 5.80. The summed E-state index contributed by atoms with van der Waals surface area (Å²) >= 11 is 1.43. The van der Waals surface area contributed by atoms with E-state index in [1.165, 1.54) is 44.8 Å². The normalized spacial score (nSPS) is 14.3. The molecule has 1 aliphatic rings. The van der Waals surface area contributed by atoms with Crippen LogP contribution < -0.4 is 4.90 Å². The lowest BCUT2D eigenvalue weighted by molar-refractivity contribution is 0.0933. The Hall–Kier alpha value is -3.80. The minimum Gasteiger partial charge on any atom is -0.450 e. The molecule has 39 heavy (non-hydrogen) atoms. The summed E-state index contributed by atoms with van der Waals surface area (Å²) in [5, 5.41) is 0.571. The van der Waals surface area contributed by atoms with Crippen molar-refractivity contribution in [3.05, 3.63) is 90.0 Å². The summed E-state index contributed by atoms with van der Waals surface area (Å²) in [5.74, 6) is -0.273. The van der Waals surface area contributed by atoms with E-state index in [1.807, 2.05) is 54.6 Å². The number of benzene rings is 3. The van der Waals surface area contributed by atoms with Crippen LogP contribution in [0.2, 0.25) is 0 Å². The van der Waals surface area contributed by atoms with Crippen molar-refractivity contribution in [3.8, 4) is 0 Å². The minimum atomic E-state index is -3.78. The summed E-state index contributed by atoms with van der Waals surface area (Å²) in [7, 11) is -3.78. The SMILES string of the molecule is CCOC(=O)N1CCN(S(=O)(=O)c2ccc(C(=O)N(Cc3ccccc3)c3nc4ccccc4s3)cc2)CC1. The quantitative estimate of drug-likeness (QED) is 0.325. The molecule has 1 aliphatic heterocycles. The lowest BCUT2D eigenvalue weighted by Gasteiger charge is -2.33. The highest BCUT2D eigenvalue weighted by atomic mass is 32.2. The fourth-order valence-electron chi connectivity index (χ4n) is 4.37. The van der Waals surface area contributed by atoms with Crippen molar-refractivity contribution in [2.45, 2.75) is 18.4 Å². The Balaban J connectivity index is 1.36. The maximum atomic E-state index is 13.7. The van der Waals surface area contributed by atoms with E-state index >= 15 is 0 Å². The summed E-state index contributed by atoms with van der Waals surface area (Å²) in [5.41, 5.74) is 2.12. The number of nitrogens with zero attached hydrogens (tertiary/aromatic N) is 4. The van der Waals surface area contributed by atoms with Crippen LogP contribution in [0, 0.1) is 0 Å². The molecule has 9 nitrogen and oxygen atoms in total. The number of anilines is 1. The maximum Gasteiger partial charge on any atom is 0.409 e. The van der Waals surface area contributed by atoms with Crippen LogP contribution in [-0.2, 0) is 21.3 Å². The monoisotopic (exact) mass is 564 g/mol. The van der Waals surface area contributed by atoms with Crippen molar-refractivity contribution >= 4 is 48.7 Å². The van der Waals surface area contributed by atoms with E-state index < -0.39 is 16.1 Å². The zero-order valence-corrected chi connectivity index (χ0v) is 23.0. The van der Waals surface area contributed by atoms with Crippen LogP contribution in [0.1, 0.15) is 22.8 Å². The van der Waals surface area contributed by atoms with Gasteiger partial charge in [0.05, 0.1) is 28.3 Å². The van der Waals surface area contributed by atoms with Gasteiger partial charge >= 0.3 is 6.09 Å². The number of thiazole rings is 1. The topological polar surface area (TPSA) is 100 Å². The number of amides is 2. The fraction of sp³-hybridized carbons (Fsp3) is 0.250. The van der Waals surface area contributed by atoms with E-state index in [4.69, 9.17) is 4.74 Å². The molecule has 4 aromatic rings. The maximum absolute atomic E-state index is 13.7. The second-order valence-electron chi connectivity index (χ2n) is 8.96. The molecule has 2 heterocycles. The first kappa shape index (κ1) is 26.8. The zero-order valence-electron chi connectivity index (χ0n) is 21.4. The van der Waals surface area contributed by atoms with Crippen molar-refractivity contribution < 1.29 is 22.7 Å². The third-order valence-electron chi connectivity index (χ3n) is 6.45. The Morgan fingerprint density at radius 3 is 2.26 bits per heavy atom. The van der Waals surface area contributed by atoms with Gasteiger partial charge in [0.2, 0.25) is 10.0 Å². The van der Waals surface area contributed by atoms with E-state index in [0.717, 1.165) is 15.8 Å². The van der Waals surface area contributed by atoms with Crippen LogP contribution in [0.3, 0.4) is 0 Å². The Morgan fingerprint density at radius 2 is 1.59 bits per heavy atom. The standard InChI is InChI=1S/C28H28N4O5S2/c1-2-37-28(34)30-16-18-31(19-17-30)39(35,36)23-14-12-22(13-15-23)26(33)32(20-21-8-4-3-5-9-21)27-29-24-10-6-7-11-25(24)38-27/h3-15H,2,16-20H2,1H3. The molecule has 0 saturated carbocycles. The predicted octanol–water partition coefficient (Wildman–Crippen LogP) is 4.61. The van der Waals surface area contributed by atoms with Crippen molar-refractivity contribution in [2.75, 3.05) is 37.7 Å². The average molecular weight is 565 g/mol. The number of sulfonamides is 1. The molecular formula is C28H28N4O5S2. The van der Waals surface area contributed by atoms with E-state index in [1.54, 1.807) is 11.8 Å². The highest BCUT2D eigenvalue weighted by Crippen LogP contribution is 2.31. The molecule has 3 aromatic carbocycles. The van der Waals surface area contributed by atoms with E-state index in [-0.39, 0.29) is 43.6 Å². The molecule has 1 aromatic heterocycles. The molecule has 0 bridgehead atoms. The highest BCUT2D eigenvalue weighted by Gasteiger charge is 2.31. The van der Waals surface area contributed by atoms with Crippen LogP contribution in [0.25, 0.3) is 10.2 Å². The minimum absolute atomic E-state index is 0.0956. The molecule has 5 rings (SSSR count). The molecule has 0 atom stereocenters. The third-order valence-corrected chi connectivity index (χ3v) is 9.42. The van der Waals surface area contributed by atoms with Crippen LogP contribution in [0.5, 0.6) is 0 Å². The highest BCUT2D eigenvalue weighted by molar-refractivity contribution is 7.89. The van der Waals surface area contributed by atoms with Gasteiger partial charge in [-0.05, 0) is 48.9 Å². The number of para-hydroxylation sites is 1. The molecule has 2 amide bonds. The second-order valence-corrected chi connectivity index (χ2v) is 11.9. The summed E-state index contributed by atoms with van der Waals surface area (Å²) in [6.45, 7) is 3.17. The van der Waals surface area contributed by atoms with Gasteiger partial charge in [0.25, 0.3) is 5.91 Å². The fourth-order valence-corrected chi connectivity index (χ4v) is 6.75. The number of hydrogen-bond acceptors (Lipinski definition) is 7. The van der Waals surface area contributed by atoms with Gasteiger partial charge < -0.3 is 9.64 Å². The summed E-state index contributed by atoms with van der Waals surface area (Å²) in [6.07, 6.45) is -0.439. The second kappa shape index (κ2) is 11.5. The number of aromatic nitrogens is 1. The van der Waals surface area contributed by atoms with E-state index in [0.29, 0.717) is 17.2 Å². The molecule has 0 N–H and O–H groups in total. The first-order chi connectivity index (χ1) is 18.9.